The molecule has 1 atom stereocenters. The highest BCUT2D eigenvalue weighted by Gasteiger charge is 2.12. The topological polar surface area (TPSA) is 45.0 Å². The molecular weight excluding hydrogens is 224 g/mol. The van der Waals surface area contributed by atoms with Crippen molar-refractivity contribution in [3.05, 3.63) is 34.9 Å². The lowest BCUT2D eigenvalue weighted by Crippen LogP contribution is -2.37. The number of hydrogen-bond acceptors (Lipinski definition) is 3. The molecule has 3 nitrogen and oxygen atoms in total. The zero-order valence-corrected chi connectivity index (χ0v) is 11.7. The van der Waals surface area contributed by atoms with Crippen LogP contribution in [0.5, 0.6) is 0 Å². The van der Waals surface area contributed by atoms with Gasteiger partial charge in [-0.05, 0) is 36.1 Å². The molecule has 0 aliphatic carbocycles. The number of hydrogen-bond donors (Lipinski definition) is 1. The highest BCUT2D eigenvalue weighted by atomic mass is 16.5. The molecule has 0 fully saturated rings. The number of nitriles is 1. The standard InChI is InChI=1S/C15H22N2O/c1-11(2)15(10-18-4)17-9-14-6-5-13(8-16)7-12(14)3/h5-7,11,15,17H,9-10H2,1-4H3. The fourth-order valence-electron chi connectivity index (χ4n) is 1.87. The molecule has 3 heteroatoms. The minimum atomic E-state index is 0.352. The summed E-state index contributed by atoms with van der Waals surface area (Å²) in [6.07, 6.45) is 0. The van der Waals surface area contributed by atoms with E-state index in [0.29, 0.717) is 24.1 Å². The van der Waals surface area contributed by atoms with Gasteiger partial charge in [0, 0.05) is 19.7 Å². The van der Waals surface area contributed by atoms with Crippen LogP contribution in [0.2, 0.25) is 0 Å². The second-order valence-electron chi connectivity index (χ2n) is 4.94. The Kier molecular flexibility index (Phi) is 5.84. The fraction of sp³-hybridized carbons (Fsp3) is 0.533. The molecule has 0 heterocycles. The maximum absolute atomic E-state index is 8.83. The van der Waals surface area contributed by atoms with E-state index in [1.165, 1.54) is 5.56 Å². The first-order chi connectivity index (χ1) is 8.58. The summed E-state index contributed by atoms with van der Waals surface area (Å²) in [5.41, 5.74) is 3.10. The van der Waals surface area contributed by atoms with Crippen LogP contribution >= 0.6 is 0 Å². The third-order valence-electron chi connectivity index (χ3n) is 3.18. The van der Waals surface area contributed by atoms with Crippen molar-refractivity contribution in [3.63, 3.8) is 0 Å². The van der Waals surface area contributed by atoms with Gasteiger partial charge in [0.05, 0.1) is 18.2 Å². The number of nitrogens with one attached hydrogen (secondary N) is 1. The van der Waals surface area contributed by atoms with Gasteiger partial charge in [0.2, 0.25) is 0 Å². The minimum Gasteiger partial charge on any atom is -0.383 e. The molecule has 0 radical (unpaired) electrons. The SMILES string of the molecule is COCC(NCc1ccc(C#N)cc1C)C(C)C. The van der Waals surface area contributed by atoms with E-state index in [1.54, 1.807) is 7.11 Å². The Morgan fingerprint density at radius 3 is 2.61 bits per heavy atom. The second kappa shape index (κ2) is 7.15. The quantitative estimate of drug-likeness (QED) is 0.839. The molecule has 1 N–H and O–H groups in total. The Balaban J connectivity index is 2.65. The van der Waals surface area contributed by atoms with Crippen LogP contribution in [0.15, 0.2) is 18.2 Å². The van der Waals surface area contributed by atoms with Crippen LogP contribution in [-0.2, 0) is 11.3 Å². The number of rotatable bonds is 6. The molecule has 1 rings (SSSR count). The average Bonchev–Trinajstić information content (AvgIpc) is 2.35. The van der Waals surface area contributed by atoms with Gasteiger partial charge >= 0.3 is 0 Å². The normalized spacial score (nSPS) is 12.4. The summed E-state index contributed by atoms with van der Waals surface area (Å²) in [6, 6.07) is 8.32. The highest BCUT2D eigenvalue weighted by Crippen LogP contribution is 2.11. The summed E-state index contributed by atoms with van der Waals surface area (Å²) in [7, 11) is 1.73. The van der Waals surface area contributed by atoms with Crippen molar-refractivity contribution in [3.8, 4) is 6.07 Å². The van der Waals surface area contributed by atoms with E-state index in [0.717, 1.165) is 12.1 Å². The van der Waals surface area contributed by atoms with Crippen molar-refractivity contribution in [1.29, 1.82) is 5.26 Å². The molecule has 1 aromatic carbocycles. The van der Waals surface area contributed by atoms with Crippen molar-refractivity contribution < 1.29 is 4.74 Å². The Labute approximate surface area is 110 Å². The van der Waals surface area contributed by atoms with Gasteiger partial charge in [0.1, 0.15) is 0 Å². The summed E-state index contributed by atoms with van der Waals surface area (Å²) < 4.78 is 5.21. The number of benzene rings is 1. The molecule has 0 amide bonds. The van der Waals surface area contributed by atoms with Gasteiger partial charge in [-0.15, -0.1) is 0 Å². The van der Waals surface area contributed by atoms with E-state index >= 15 is 0 Å². The summed E-state index contributed by atoms with van der Waals surface area (Å²) in [5.74, 6) is 0.531. The fourth-order valence-corrected chi connectivity index (χ4v) is 1.87. The summed E-state index contributed by atoms with van der Waals surface area (Å²) in [6.45, 7) is 7.93. The molecule has 0 saturated heterocycles. The Morgan fingerprint density at radius 1 is 1.39 bits per heavy atom. The van der Waals surface area contributed by atoms with E-state index in [9.17, 15) is 0 Å². The molecule has 0 aliphatic heterocycles. The van der Waals surface area contributed by atoms with Crippen molar-refractivity contribution >= 4 is 0 Å². The van der Waals surface area contributed by atoms with Crippen LogP contribution in [0.3, 0.4) is 0 Å². The largest absolute Gasteiger partial charge is 0.383 e. The van der Waals surface area contributed by atoms with Gasteiger partial charge in [-0.2, -0.15) is 5.26 Å². The molecular formula is C15H22N2O. The highest BCUT2D eigenvalue weighted by molar-refractivity contribution is 5.37. The predicted molar refractivity (Wildman–Crippen MR) is 73.2 cm³/mol. The smallest absolute Gasteiger partial charge is 0.0991 e. The van der Waals surface area contributed by atoms with Crippen LogP contribution in [0.1, 0.15) is 30.5 Å². The Morgan fingerprint density at radius 2 is 2.11 bits per heavy atom. The Bertz CT molecular complexity index is 421. The van der Waals surface area contributed by atoms with Crippen molar-refractivity contribution in [2.45, 2.75) is 33.4 Å². The number of methoxy groups -OCH3 is 1. The van der Waals surface area contributed by atoms with Gasteiger partial charge < -0.3 is 10.1 Å². The van der Waals surface area contributed by atoms with Crippen LogP contribution < -0.4 is 5.32 Å². The van der Waals surface area contributed by atoms with Gasteiger partial charge in [-0.3, -0.25) is 0 Å². The van der Waals surface area contributed by atoms with E-state index in [-0.39, 0.29) is 0 Å². The third kappa shape index (κ3) is 4.14. The molecule has 18 heavy (non-hydrogen) atoms. The molecule has 1 aromatic rings. The third-order valence-corrected chi connectivity index (χ3v) is 3.18. The van der Waals surface area contributed by atoms with Gasteiger partial charge in [0.25, 0.3) is 0 Å². The molecule has 0 bridgehead atoms. The van der Waals surface area contributed by atoms with Crippen molar-refractivity contribution in [2.75, 3.05) is 13.7 Å². The average molecular weight is 246 g/mol. The lowest BCUT2D eigenvalue weighted by Gasteiger charge is -2.22. The molecule has 98 valence electrons. The van der Waals surface area contributed by atoms with Crippen molar-refractivity contribution in [2.24, 2.45) is 5.92 Å². The van der Waals surface area contributed by atoms with E-state index in [1.807, 2.05) is 25.1 Å². The number of aryl methyl sites for hydroxylation is 1. The summed E-state index contributed by atoms with van der Waals surface area (Å²) in [5, 5.41) is 12.3. The van der Waals surface area contributed by atoms with Crippen LogP contribution in [0.25, 0.3) is 0 Å². The zero-order chi connectivity index (χ0) is 13.5. The van der Waals surface area contributed by atoms with Gasteiger partial charge in [-0.1, -0.05) is 19.9 Å². The maximum Gasteiger partial charge on any atom is 0.0991 e. The zero-order valence-electron chi connectivity index (χ0n) is 11.7. The van der Waals surface area contributed by atoms with Crippen molar-refractivity contribution in [1.82, 2.24) is 5.32 Å². The number of nitrogens with zero attached hydrogens (tertiary/aromatic N) is 1. The van der Waals surface area contributed by atoms with Gasteiger partial charge in [-0.25, -0.2) is 0 Å². The Hall–Kier alpha value is -1.37. The van der Waals surface area contributed by atoms with Gasteiger partial charge in [0.15, 0.2) is 0 Å². The molecule has 1 unspecified atom stereocenters. The van der Waals surface area contributed by atoms with E-state index in [2.05, 4.69) is 25.2 Å². The maximum atomic E-state index is 8.83. The second-order valence-corrected chi connectivity index (χ2v) is 4.94. The first kappa shape index (κ1) is 14.7. The minimum absolute atomic E-state index is 0.352. The molecule has 0 aliphatic rings. The predicted octanol–water partition coefficient (Wildman–Crippen LogP) is 2.63. The van der Waals surface area contributed by atoms with E-state index < -0.39 is 0 Å². The lowest BCUT2D eigenvalue weighted by molar-refractivity contribution is 0.146. The molecule has 0 aromatic heterocycles. The lowest BCUT2D eigenvalue weighted by atomic mass is 10.0. The number of ether oxygens (including phenoxy) is 1. The first-order valence-electron chi connectivity index (χ1n) is 6.30. The molecule has 0 saturated carbocycles. The molecule has 0 spiro atoms. The van der Waals surface area contributed by atoms with Crippen LogP contribution in [0, 0.1) is 24.2 Å². The van der Waals surface area contributed by atoms with Crippen LogP contribution in [-0.4, -0.2) is 19.8 Å². The first-order valence-corrected chi connectivity index (χ1v) is 6.30. The summed E-state index contributed by atoms with van der Waals surface area (Å²) in [4.78, 5) is 0. The summed E-state index contributed by atoms with van der Waals surface area (Å²) >= 11 is 0. The monoisotopic (exact) mass is 246 g/mol. The van der Waals surface area contributed by atoms with Crippen LogP contribution in [0.4, 0.5) is 0 Å². The van der Waals surface area contributed by atoms with E-state index in [4.69, 9.17) is 10.00 Å².